The number of aromatic nitrogens is 1. The van der Waals surface area contributed by atoms with Gasteiger partial charge in [0.25, 0.3) is 5.91 Å². The second-order valence-electron chi connectivity index (χ2n) is 7.11. The molecular formula is C23H22F3N3O2. The van der Waals surface area contributed by atoms with Crippen molar-refractivity contribution in [1.82, 2.24) is 10.3 Å². The number of rotatable bonds is 8. The number of ether oxygens (including phenoxy) is 1. The third kappa shape index (κ3) is 5.37. The van der Waals surface area contributed by atoms with Crippen LogP contribution in [0.3, 0.4) is 0 Å². The van der Waals surface area contributed by atoms with Crippen LogP contribution in [0.5, 0.6) is 5.75 Å². The van der Waals surface area contributed by atoms with Crippen LogP contribution in [-0.2, 0) is 17.4 Å². The van der Waals surface area contributed by atoms with Gasteiger partial charge in [-0.2, -0.15) is 18.4 Å². The number of nitrogens with one attached hydrogen (secondary N) is 2. The molecule has 0 bridgehead atoms. The van der Waals surface area contributed by atoms with Crippen molar-refractivity contribution in [3.05, 3.63) is 65.4 Å². The van der Waals surface area contributed by atoms with Gasteiger partial charge in [-0.05, 0) is 42.7 Å². The van der Waals surface area contributed by atoms with Gasteiger partial charge in [0.05, 0.1) is 17.2 Å². The largest absolute Gasteiger partial charge is 0.481 e. The number of hydrogen-bond acceptors (Lipinski definition) is 3. The Balaban J connectivity index is 1.66. The molecular weight excluding hydrogens is 407 g/mol. The lowest BCUT2D eigenvalue weighted by molar-refractivity contribution is -0.137. The smallest absolute Gasteiger partial charge is 0.417 e. The van der Waals surface area contributed by atoms with E-state index in [1.54, 1.807) is 0 Å². The quantitative estimate of drug-likeness (QED) is 0.531. The van der Waals surface area contributed by atoms with Crippen LogP contribution in [0.2, 0.25) is 0 Å². The molecule has 5 nitrogen and oxygen atoms in total. The van der Waals surface area contributed by atoms with E-state index < -0.39 is 23.4 Å². The molecule has 0 spiro atoms. The average Bonchev–Trinajstić information content (AvgIpc) is 3.16. The zero-order valence-electron chi connectivity index (χ0n) is 16.9. The topological polar surface area (TPSA) is 77.9 Å². The van der Waals surface area contributed by atoms with E-state index >= 15 is 0 Å². The van der Waals surface area contributed by atoms with Crippen molar-refractivity contribution < 1.29 is 22.7 Å². The van der Waals surface area contributed by atoms with E-state index in [-0.39, 0.29) is 11.7 Å². The second-order valence-corrected chi connectivity index (χ2v) is 7.11. The summed E-state index contributed by atoms with van der Waals surface area (Å²) in [5.41, 5.74) is 0.501. The van der Waals surface area contributed by atoms with E-state index in [9.17, 15) is 18.0 Å². The average molecular weight is 429 g/mol. The molecule has 0 saturated carbocycles. The molecule has 1 heterocycles. The van der Waals surface area contributed by atoms with Crippen molar-refractivity contribution >= 4 is 16.8 Å². The molecule has 2 N–H and O–H groups in total. The van der Waals surface area contributed by atoms with Crippen molar-refractivity contribution in [2.24, 2.45) is 0 Å². The Morgan fingerprint density at radius 2 is 2.03 bits per heavy atom. The Labute approximate surface area is 177 Å². The Hall–Kier alpha value is -3.47. The fraction of sp³-hybridized carbons (Fsp3) is 0.304. The number of carbonyl (C=O) groups excluding carboxylic acids is 1. The zero-order chi connectivity index (χ0) is 22.4. The third-order valence-corrected chi connectivity index (χ3v) is 4.91. The number of hydrogen-bond donors (Lipinski definition) is 2. The number of benzene rings is 2. The lowest BCUT2D eigenvalue weighted by atomic mass is 10.1. The van der Waals surface area contributed by atoms with E-state index in [2.05, 4.69) is 10.3 Å². The monoisotopic (exact) mass is 429 g/mol. The van der Waals surface area contributed by atoms with E-state index in [0.717, 1.165) is 28.6 Å². The normalized spacial score (nSPS) is 12.4. The highest BCUT2D eigenvalue weighted by atomic mass is 19.4. The number of carbonyl (C=O) groups is 1. The highest BCUT2D eigenvalue weighted by Crippen LogP contribution is 2.34. The summed E-state index contributed by atoms with van der Waals surface area (Å²) < 4.78 is 45.1. The standard InChI is InChI=1S/C23H22F3N3O2/c1-2-5-21(31-17-9-8-15(13-27)19(12-17)23(24,25)26)22(30)28-11-10-16-14-29-20-7-4-3-6-18(16)20/h3-4,6-9,12,14,21,29H,2,5,10-11H2,1H3,(H,28,30). The summed E-state index contributed by atoms with van der Waals surface area (Å²) in [5.74, 6) is -0.490. The molecule has 3 aromatic rings. The van der Waals surface area contributed by atoms with Crippen molar-refractivity contribution in [2.75, 3.05) is 6.54 Å². The maximum absolute atomic E-state index is 13.2. The molecule has 1 aromatic heterocycles. The summed E-state index contributed by atoms with van der Waals surface area (Å²) in [6, 6.07) is 12.5. The Morgan fingerprint density at radius 1 is 1.26 bits per heavy atom. The second kappa shape index (κ2) is 9.56. The lowest BCUT2D eigenvalue weighted by Crippen LogP contribution is -2.39. The van der Waals surface area contributed by atoms with Gasteiger partial charge in [0.1, 0.15) is 5.75 Å². The summed E-state index contributed by atoms with van der Waals surface area (Å²) in [4.78, 5) is 15.8. The van der Waals surface area contributed by atoms with Crippen LogP contribution >= 0.6 is 0 Å². The van der Waals surface area contributed by atoms with Crippen LogP contribution in [0, 0.1) is 11.3 Å². The van der Waals surface area contributed by atoms with E-state index in [1.165, 1.54) is 12.1 Å². The van der Waals surface area contributed by atoms with Gasteiger partial charge in [-0.1, -0.05) is 31.5 Å². The van der Waals surface area contributed by atoms with Crippen molar-refractivity contribution in [3.8, 4) is 11.8 Å². The van der Waals surface area contributed by atoms with Gasteiger partial charge in [0, 0.05) is 23.6 Å². The van der Waals surface area contributed by atoms with Gasteiger partial charge in [0.15, 0.2) is 6.10 Å². The number of alkyl halides is 3. The molecule has 8 heteroatoms. The molecule has 0 fully saturated rings. The van der Waals surface area contributed by atoms with Crippen LogP contribution < -0.4 is 10.1 Å². The first kappa shape index (κ1) is 22.2. The SMILES string of the molecule is CCCC(Oc1ccc(C#N)c(C(F)(F)F)c1)C(=O)NCCc1c[nH]c2ccccc12. The molecule has 0 radical (unpaired) electrons. The van der Waals surface area contributed by atoms with Crippen LogP contribution in [0.25, 0.3) is 10.9 Å². The van der Waals surface area contributed by atoms with Crippen LogP contribution in [0.1, 0.15) is 36.5 Å². The Morgan fingerprint density at radius 3 is 2.74 bits per heavy atom. The number of aromatic amines is 1. The van der Waals surface area contributed by atoms with Gasteiger partial charge < -0.3 is 15.0 Å². The van der Waals surface area contributed by atoms with Crippen molar-refractivity contribution in [3.63, 3.8) is 0 Å². The lowest BCUT2D eigenvalue weighted by Gasteiger charge is -2.19. The molecule has 1 amide bonds. The molecule has 162 valence electrons. The van der Waals surface area contributed by atoms with E-state index in [0.29, 0.717) is 25.8 Å². The van der Waals surface area contributed by atoms with Crippen molar-refractivity contribution in [2.45, 2.75) is 38.5 Å². The number of para-hydroxylation sites is 1. The summed E-state index contributed by atoms with van der Waals surface area (Å²) in [7, 11) is 0. The third-order valence-electron chi connectivity index (χ3n) is 4.91. The van der Waals surface area contributed by atoms with Crippen molar-refractivity contribution in [1.29, 1.82) is 5.26 Å². The fourth-order valence-corrected chi connectivity index (χ4v) is 3.37. The highest BCUT2D eigenvalue weighted by molar-refractivity contribution is 5.83. The van der Waals surface area contributed by atoms with Gasteiger partial charge in [0.2, 0.25) is 0 Å². The van der Waals surface area contributed by atoms with E-state index in [1.807, 2.05) is 37.4 Å². The summed E-state index contributed by atoms with van der Waals surface area (Å²) in [6.07, 6.45) is -2.16. The van der Waals surface area contributed by atoms with Gasteiger partial charge in [-0.25, -0.2) is 0 Å². The minimum absolute atomic E-state index is 0.100. The molecule has 1 atom stereocenters. The summed E-state index contributed by atoms with van der Waals surface area (Å²) >= 11 is 0. The molecule has 0 aliphatic rings. The maximum Gasteiger partial charge on any atom is 0.417 e. The predicted octanol–water partition coefficient (Wildman–Crippen LogP) is 4.96. The number of nitriles is 1. The first-order valence-electron chi connectivity index (χ1n) is 9.94. The first-order valence-corrected chi connectivity index (χ1v) is 9.94. The summed E-state index contributed by atoms with van der Waals surface area (Å²) in [5, 5.41) is 12.8. The maximum atomic E-state index is 13.2. The fourth-order valence-electron chi connectivity index (χ4n) is 3.37. The molecule has 31 heavy (non-hydrogen) atoms. The number of amides is 1. The highest BCUT2D eigenvalue weighted by Gasteiger charge is 2.34. The van der Waals surface area contributed by atoms with Crippen LogP contribution in [-0.4, -0.2) is 23.5 Å². The molecule has 0 aliphatic carbocycles. The molecule has 1 unspecified atom stereocenters. The first-order chi connectivity index (χ1) is 14.8. The number of nitrogens with zero attached hydrogens (tertiary/aromatic N) is 1. The van der Waals surface area contributed by atoms with E-state index in [4.69, 9.17) is 10.00 Å². The molecule has 0 saturated heterocycles. The van der Waals surface area contributed by atoms with Crippen LogP contribution in [0.15, 0.2) is 48.7 Å². The molecule has 2 aromatic carbocycles. The van der Waals surface area contributed by atoms with Crippen LogP contribution in [0.4, 0.5) is 13.2 Å². The number of halogens is 3. The Bertz CT molecular complexity index is 1100. The summed E-state index contributed by atoms with van der Waals surface area (Å²) in [6.45, 7) is 2.22. The zero-order valence-corrected chi connectivity index (χ0v) is 16.9. The van der Waals surface area contributed by atoms with Gasteiger partial charge in [-0.3, -0.25) is 4.79 Å². The molecule has 0 aliphatic heterocycles. The Kier molecular flexibility index (Phi) is 6.85. The van der Waals surface area contributed by atoms with Gasteiger partial charge >= 0.3 is 6.18 Å². The van der Waals surface area contributed by atoms with Gasteiger partial charge in [-0.15, -0.1) is 0 Å². The minimum Gasteiger partial charge on any atom is -0.481 e. The number of fused-ring (bicyclic) bond motifs is 1. The number of H-pyrrole nitrogens is 1. The minimum atomic E-state index is -4.69. The predicted molar refractivity (Wildman–Crippen MR) is 110 cm³/mol. The molecule has 3 rings (SSSR count).